The molecule has 1 unspecified atom stereocenters. The molecule has 0 amide bonds. The van der Waals surface area contributed by atoms with Crippen molar-refractivity contribution in [1.29, 1.82) is 0 Å². The standard InChI is InChI=1S/C24H24N2O4S/c1-17-9-7-8-12-24(17)31(27,28)26-22(16-21(25-26)18-10-5-4-6-11-18)20-14-13-19(29-2)15-23(20)30-3/h4-15,22H,16H2,1-3H3. The van der Waals surface area contributed by atoms with Crippen molar-refractivity contribution in [2.75, 3.05) is 14.2 Å². The second kappa shape index (κ2) is 8.43. The number of aryl methyl sites for hydroxylation is 1. The highest BCUT2D eigenvalue weighted by molar-refractivity contribution is 7.89. The lowest BCUT2D eigenvalue weighted by Crippen LogP contribution is -2.28. The van der Waals surface area contributed by atoms with E-state index in [1.165, 1.54) is 4.41 Å². The first-order valence-electron chi connectivity index (χ1n) is 9.90. The summed E-state index contributed by atoms with van der Waals surface area (Å²) in [7, 11) is -0.748. The number of nitrogens with zero attached hydrogens (tertiary/aromatic N) is 2. The number of hydrogen-bond acceptors (Lipinski definition) is 5. The van der Waals surface area contributed by atoms with E-state index >= 15 is 0 Å². The molecule has 31 heavy (non-hydrogen) atoms. The van der Waals surface area contributed by atoms with Crippen molar-refractivity contribution < 1.29 is 17.9 Å². The van der Waals surface area contributed by atoms with E-state index in [1.807, 2.05) is 42.5 Å². The molecule has 0 bridgehead atoms. The topological polar surface area (TPSA) is 68.2 Å². The fourth-order valence-electron chi connectivity index (χ4n) is 3.79. The normalized spacial score (nSPS) is 16.2. The summed E-state index contributed by atoms with van der Waals surface area (Å²) in [5, 5.41) is 4.60. The van der Waals surface area contributed by atoms with Gasteiger partial charge < -0.3 is 9.47 Å². The Morgan fingerprint density at radius 3 is 2.32 bits per heavy atom. The van der Waals surface area contributed by atoms with Gasteiger partial charge in [-0.2, -0.15) is 17.9 Å². The summed E-state index contributed by atoms with van der Waals surface area (Å²) in [4.78, 5) is 0.241. The highest BCUT2D eigenvalue weighted by Crippen LogP contribution is 2.42. The van der Waals surface area contributed by atoms with Gasteiger partial charge in [0.1, 0.15) is 11.5 Å². The number of methoxy groups -OCH3 is 2. The van der Waals surface area contributed by atoms with Crippen molar-refractivity contribution in [3.8, 4) is 11.5 Å². The SMILES string of the molecule is COc1ccc(C2CC(c3ccccc3)=NN2S(=O)(=O)c2ccccc2C)c(OC)c1. The summed E-state index contributed by atoms with van der Waals surface area (Å²) in [6.07, 6.45) is 0.428. The number of ether oxygens (including phenoxy) is 2. The molecule has 1 atom stereocenters. The largest absolute Gasteiger partial charge is 0.497 e. The molecule has 0 radical (unpaired) electrons. The summed E-state index contributed by atoms with van der Waals surface area (Å²) in [6.45, 7) is 1.79. The first-order chi connectivity index (χ1) is 15.0. The molecule has 1 heterocycles. The van der Waals surface area contributed by atoms with Crippen molar-refractivity contribution in [3.05, 3.63) is 89.5 Å². The van der Waals surface area contributed by atoms with E-state index in [0.717, 1.165) is 11.1 Å². The van der Waals surface area contributed by atoms with Gasteiger partial charge in [0.25, 0.3) is 10.0 Å². The number of hydrazone groups is 1. The second-order valence-corrected chi connectivity index (χ2v) is 9.05. The van der Waals surface area contributed by atoms with Crippen LogP contribution in [0.2, 0.25) is 0 Å². The minimum atomic E-state index is -3.89. The van der Waals surface area contributed by atoms with Gasteiger partial charge in [0, 0.05) is 18.1 Å². The molecular weight excluding hydrogens is 412 g/mol. The average molecular weight is 437 g/mol. The fraction of sp³-hybridized carbons (Fsp3) is 0.208. The summed E-state index contributed by atoms with van der Waals surface area (Å²) in [5.41, 5.74) is 3.00. The van der Waals surface area contributed by atoms with E-state index in [-0.39, 0.29) is 4.90 Å². The van der Waals surface area contributed by atoms with Crippen LogP contribution in [-0.4, -0.2) is 32.8 Å². The summed E-state index contributed by atoms with van der Waals surface area (Å²) in [5.74, 6) is 1.19. The van der Waals surface area contributed by atoms with Gasteiger partial charge in [-0.05, 0) is 36.2 Å². The van der Waals surface area contributed by atoms with Gasteiger partial charge in [-0.1, -0.05) is 48.5 Å². The Bertz CT molecular complexity index is 1220. The fourth-order valence-corrected chi connectivity index (χ4v) is 5.44. The quantitative estimate of drug-likeness (QED) is 0.568. The molecule has 1 aliphatic rings. The van der Waals surface area contributed by atoms with E-state index in [2.05, 4.69) is 5.10 Å². The van der Waals surface area contributed by atoms with Crippen LogP contribution in [0, 0.1) is 6.92 Å². The van der Waals surface area contributed by atoms with Crippen LogP contribution in [0.25, 0.3) is 0 Å². The van der Waals surface area contributed by atoms with Gasteiger partial charge in [-0.15, -0.1) is 0 Å². The second-order valence-electron chi connectivity index (χ2n) is 7.28. The minimum absolute atomic E-state index is 0.241. The van der Waals surface area contributed by atoms with Gasteiger partial charge in [-0.25, -0.2) is 0 Å². The lowest BCUT2D eigenvalue weighted by molar-refractivity contribution is 0.346. The molecule has 3 aromatic carbocycles. The van der Waals surface area contributed by atoms with Crippen molar-refractivity contribution in [1.82, 2.24) is 4.41 Å². The molecule has 0 fully saturated rings. The molecule has 4 rings (SSSR count). The van der Waals surface area contributed by atoms with E-state index in [4.69, 9.17) is 9.47 Å². The van der Waals surface area contributed by atoms with E-state index in [0.29, 0.717) is 29.2 Å². The monoisotopic (exact) mass is 436 g/mol. The molecular formula is C24H24N2O4S. The smallest absolute Gasteiger partial charge is 0.279 e. The molecule has 0 saturated carbocycles. The molecule has 0 aliphatic carbocycles. The lowest BCUT2D eigenvalue weighted by atomic mass is 9.98. The third kappa shape index (κ3) is 3.88. The molecule has 6 nitrogen and oxygen atoms in total. The van der Waals surface area contributed by atoms with Crippen LogP contribution >= 0.6 is 0 Å². The summed E-state index contributed by atoms with van der Waals surface area (Å²) in [6, 6.07) is 21.4. The molecule has 1 aliphatic heterocycles. The number of hydrogen-bond donors (Lipinski definition) is 0. The Hall–Kier alpha value is -3.32. The number of benzene rings is 3. The summed E-state index contributed by atoms with van der Waals surface area (Å²) >= 11 is 0. The maximum Gasteiger partial charge on any atom is 0.279 e. The van der Waals surface area contributed by atoms with Crippen LogP contribution in [0.1, 0.15) is 29.2 Å². The predicted octanol–water partition coefficient (Wildman–Crippen LogP) is 4.55. The number of rotatable bonds is 6. The Kier molecular flexibility index (Phi) is 5.69. The highest BCUT2D eigenvalue weighted by atomic mass is 32.2. The molecule has 7 heteroatoms. The molecule has 0 spiro atoms. The van der Waals surface area contributed by atoms with Crippen molar-refractivity contribution in [2.45, 2.75) is 24.3 Å². The highest BCUT2D eigenvalue weighted by Gasteiger charge is 2.39. The molecule has 3 aromatic rings. The zero-order valence-electron chi connectivity index (χ0n) is 17.6. The molecule has 160 valence electrons. The van der Waals surface area contributed by atoms with Crippen LogP contribution in [0.15, 0.2) is 82.8 Å². The number of sulfonamides is 1. The Morgan fingerprint density at radius 1 is 0.935 bits per heavy atom. The minimum Gasteiger partial charge on any atom is -0.497 e. The van der Waals surface area contributed by atoms with Gasteiger partial charge in [-0.3, -0.25) is 0 Å². The third-order valence-electron chi connectivity index (χ3n) is 5.40. The first-order valence-corrected chi connectivity index (χ1v) is 11.3. The van der Waals surface area contributed by atoms with E-state index in [1.54, 1.807) is 51.5 Å². The molecule has 0 N–H and O–H groups in total. The lowest BCUT2D eigenvalue weighted by Gasteiger charge is -2.25. The summed E-state index contributed by atoms with van der Waals surface area (Å²) < 4.78 is 39.5. The molecule has 0 saturated heterocycles. The predicted molar refractivity (Wildman–Crippen MR) is 120 cm³/mol. The van der Waals surface area contributed by atoms with Crippen molar-refractivity contribution in [2.24, 2.45) is 5.10 Å². The van der Waals surface area contributed by atoms with E-state index in [9.17, 15) is 8.42 Å². The maximum absolute atomic E-state index is 13.7. The van der Waals surface area contributed by atoms with Gasteiger partial charge in [0.15, 0.2) is 0 Å². The zero-order valence-corrected chi connectivity index (χ0v) is 18.5. The Labute approximate surface area is 182 Å². The van der Waals surface area contributed by atoms with Crippen molar-refractivity contribution >= 4 is 15.7 Å². The maximum atomic E-state index is 13.7. The van der Waals surface area contributed by atoms with Crippen LogP contribution in [0.3, 0.4) is 0 Å². The van der Waals surface area contributed by atoms with Gasteiger partial charge in [0.2, 0.25) is 0 Å². The van der Waals surface area contributed by atoms with Gasteiger partial charge >= 0.3 is 0 Å². The first kappa shape index (κ1) is 20.9. The third-order valence-corrected chi connectivity index (χ3v) is 7.24. The van der Waals surface area contributed by atoms with E-state index < -0.39 is 16.1 Å². The zero-order chi connectivity index (χ0) is 22.0. The van der Waals surface area contributed by atoms with Crippen LogP contribution < -0.4 is 9.47 Å². The van der Waals surface area contributed by atoms with Gasteiger partial charge in [0.05, 0.1) is 30.9 Å². The Morgan fingerprint density at radius 2 is 1.65 bits per heavy atom. The van der Waals surface area contributed by atoms with Crippen molar-refractivity contribution in [3.63, 3.8) is 0 Å². The molecule has 0 aromatic heterocycles. The van der Waals surface area contributed by atoms with Crippen LogP contribution in [0.5, 0.6) is 11.5 Å². The van der Waals surface area contributed by atoms with Crippen LogP contribution in [0.4, 0.5) is 0 Å². The van der Waals surface area contributed by atoms with Crippen LogP contribution in [-0.2, 0) is 10.0 Å². The Balaban J connectivity index is 1.86. The average Bonchev–Trinajstić information content (AvgIpc) is 3.25.